The highest BCUT2D eigenvalue weighted by atomic mass is 35.5. The SMILES string of the molecule is C[C@@]12C=C[C@@H](O1)[C@@H]1C(=O)N(c3ccc(F)c(Cl)c3)C(=O)[C@H]12. The summed E-state index contributed by atoms with van der Waals surface area (Å²) in [7, 11) is 0. The minimum atomic E-state index is -0.735. The summed E-state index contributed by atoms with van der Waals surface area (Å²) in [5, 5.41) is -0.117. The molecule has 0 unspecified atom stereocenters. The van der Waals surface area contributed by atoms with E-state index in [9.17, 15) is 14.0 Å². The Labute approximate surface area is 125 Å². The molecule has 3 aliphatic heterocycles. The highest BCUT2D eigenvalue weighted by Crippen LogP contribution is 2.52. The first-order valence-corrected chi connectivity index (χ1v) is 7.00. The summed E-state index contributed by atoms with van der Waals surface area (Å²) >= 11 is 5.74. The fourth-order valence-electron chi connectivity index (χ4n) is 3.53. The van der Waals surface area contributed by atoms with Gasteiger partial charge in [0.25, 0.3) is 0 Å². The Morgan fingerprint density at radius 2 is 2.10 bits per heavy atom. The molecule has 4 atom stereocenters. The number of ether oxygens (including phenoxy) is 1. The number of nitrogens with zero attached hydrogens (tertiary/aromatic N) is 1. The third kappa shape index (κ3) is 1.53. The number of amides is 2. The van der Waals surface area contributed by atoms with E-state index in [0.717, 1.165) is 11.0 Å². The van der Waals surface area contributed by atoms with E-state index >= 15 is 0 Å². The molecular formula is C15H11ClFNO3. The summed E-state index contributed by atoms with van der Waals surface area (Å²) in [5.41, 5.74) is -0.436. The van der Waals surface area contributed by atoms with Crippen molar-refractivity contribution < 1.29 is 18.7 Å². The summed E-state index contributed by atoms with van der Waals surface area (Å²) in [5.74, 6) is -2.25. The number of carbonyl (C=O) groups is 2. The zero-order valence-corrected chi connectivity index (χ0v) is 11.8. The van der Waals surface area contributed by atoms with Crippen molar-refractivity contribution in [3.63, 3.8) is 0 Å². The van der Waals surface area contributed by atoms with Gasteiger partial charge in [-0.05, 0) is 25.1 Å². The molecule has 6 heteroatoms. The van der Waals surface area contributed by atoms with E-state index in [1.54, 1.807) is 6.92 Å². The van der Waals surface area contributed by atoms with Crippen LogP contribution < -0.4 is 4.90 Å². The lowest BCUT2D eigenvalue weighted by Crippen LogP contribution is -2.38. The average Bonchev–Trinajstić information content (AvgIpc) is 3.03. The molecule has 2 fully saturated rings. The van der Waals surface area contributed by atoms with E-state index in [1.807, 2.05) is 12.2 Å². The molecule has 0 N–H and O–H groups in total. The molecule has 2 amide bonds. The summed E-state index contributed by atoms with van der Waals surface area (Å²) < 4.78 is 19.0. The van der Waals surface area contributed by atoms with E-state index in [2.05, 4.69) is 0 Å². The van der Waals surface area contributed by atoms with Crippen molar-refractivity contribution in [1.29, 1.82) is 0 Å². The van der Waals surface area contributed by atoms with Crippen molar-refractivity contribution in [2.75, 3.05) is 4.90 Å². The molecule has 4 nitrogen and oxygen atoms in total. The van der Waals surface area contributed by atoms with Crippen LogP contribution in [-0.4, -0.2) is 23.5 Å². The second kappa shape index (κ2) is 3.93. The zero-order valence-electron chi connectivity index (χ0n) is 11.0. The van der Waals surface area contributed by atoms with Gasteiger partial charge < -0.3 is 4.74 Å². The number of imide groups is 1. The molecule has 0 aromatic heterocycles. The van der Waals surface area contributed by atoms with Gasteiger partial charge in [-0.1, -0.05) is 23.8 Å². The summed E-state index contributed by atoms with van der Waals surface area (Å²) in [6.07, 6.45) is 3.30. The van der Waals surface area contributed by atoms with E-state index in [4.69, 9.17) is 16.3 Å². The van der Waals surface area contributed by atoms with E-state index in [-0.39, 0.29) is 22.9 Å². The van der Waals surface area contributed by atoms with E-state index in [1.165, 1.54) is 12.1 Å². The van der Waals surface area contributed by atoms with Crippen LogP contribution in [-0.2, 0) is 14.3 Å². The van der Waals surface area contributed by atoms with E-state index in [0.29, 0.717) is 5.69 Å². The van der Waals surface area contributed by atoms with Crippen LogP contribution in [0.2, 0.25) is 5.02 Å². The third-order valence-electron chi connectivity index (χ3n) is 4.49. The zero-order chi connectivity index (χ0) is 14.9. The minimum Gasteiger partial charge on any atom is -0.362 e. The molecule has 3 aliphatic rings. The number of rotatable bonds is 1. The fourth-order valence-corrected chi connectivity index (χ4v) is 3.71. The smallest absolute Gasteiger partial charge is 0.241 e. The minimum absolute atomic E-state index is 0.117. The van der Waals surface area contributed by atoms with Gasteiger partial charge in [0.05, 0.1) is 34.3 Å². The summed E-state index contributed by atoms with van der Waals surface area (Å²) in [6, 6.07) is 3.83. The van der Waals surface area contributed by atoms with Crippen LogP contribution in [0, 0.1) is 17.7 Å². The second-order valence-electron chi connectivity index (χ2n) is 5.74. The topological polar surface area (TPSA) is 46.6 Å². The number of benzene rings is 1. The van der Waals surface area contributed by atoms with Gasteiger partial charge in [0.1, 0.15) is 5.82 Å². The van der Waals surface area contributed by atoms with Crippen LogP contribution in [0.5, 0.6) is 0 Å². The Kier molecular flexibility index (Phi) is 2.43. The average molecular weight is 308 g/mol. The van der Waals surface area contributed by atoms with Crippen molar-refractivity contribution in [3.05, 3.63) is 41.2 Å². The summed E-state index contributed by atoms with van der Waals surface area (Å²) in [6.45, 7) is 1.81. The Hall–Kier alpha value is -1.72. The molecule has 2 saturated heterocycles. The Morgan fingerprint density at radius 1 is 1.33 bits per heavy atom. The maximum absolute atomic E-state index is 13.3. The van der Waals surface area contributed by atoms with Crippen LogP contribution in [0.3, 0.4) is 0 Å². The molecule has 0 radical (unpaired) electrons. The number of hydrogen-bond donors (Lipinski definition) is 0. The van der Waals surface area contributed by atoms with Crippen molar-refractivity contribution in [1.82, 2.24) is 0 Å². The third-order valence-corrected chi connectivity index (χ3v) is 4.78. The number of anilines is 1. The largest absolute Gasteiger partial charge is 0.362 e. The van der Waals surface area contributed by atoms with Gasteiger partial charge in [-0.3, -0.25) is 9.59 Å². The molecule has 1 aromatic rings. The predicted octanol–water partition coefficient (Wildman–Crippen LogP) is 2.31. The van der Waals surface area contributed by atoms with Gasteiger partial charge in [-0.15, -0.1) is 0 Å². The van der Waals surface area contributed by atoms with Gasteiger partial charge in [0.15, 0.2) is 0 Å². The van der Waals surface area contributed by atoms with E-state index < -0.39 is 23.3 Å². The lowest BCUT2D eigenvalue weighted by atomic mass is 9.78. The Bertz CT molecular complexity index is 719. The lowest BCUT2D eigenvalue weighted by molar-refractivity contribution is -0.126. The maximum atomic E-state index is 13.3. The summed E-state index contributed by atoms with van der Waals surface area (Å²) in [4.78, 5) is 26.3. The molecule has 0 aliphatic carbocycles. The molecule has 2 bridgehead atoms. The van der Waals surface area contributed by atoms with Crippen LogP contribution >= 0.6 is 11.6 Å². The molecule has 0 spiro atoms. The highest BCUT2D eigenvalue weighted by Gasteiger charge is 2.66. The normalized spacial score (nSPS) is 36.7. The van der Waals surface area contributed by atoms with Gasteiger partial charge in [-0.2, -0.15) is 0 Å². The lowest BCUT2D eigenvalue weighted by Gasteiger charge is -2.24. The Balaban J connectivity index is 1.78. The first-order valence-electron chi connectivity index (χ1n) is 6.62. The number of carbonyl (C=O) groups excluding carboxylic acids is 2. The maximum Gasteiger partial charge on any atom is 0.241 e. The second-order valence-corrected chi connectivity index (χ2v) is 6.15. The number of halogens is 2. The Morgan fingerprint density at radius 3 is 2.76 bits per heavy atom. The molecule has 21 heavy (non-hydrogen) atoms. The van der Waals surface area contributed by atoms with Crippen LogP contribution in [0.4, 0.5) is 10.1 Å². The quantitative estimate of drug-likeness (QED) is 0.591. The van der Waals surface area contributed by atoms with Crippen molar-refractivity contribution in [2.24, 2.45) is 11.8 Å². The molecular weight excluding hydrogens is 297 g/mol. The molecule has 1 aromatic carbocycles. The van der Waals surface area contributed by atoms with Gasteiger partial charge >= 0.3 is 0 Å². The molecule has 0 saturated carbocycles. The van der Waals surface area contributed by atoms with Crippen LogP contribution in [0.25, 0.3) is 0 Å². The standard InChI is InChI=1S/C15H11ClFNO3/c1-15-5-4-10(21-15)11-12(15)14(20)18(13(11)19)7-2-3-9(17)8(16)6-7/h2-6,10-12H,1H3/t10-,11+,12+,15+/m1/s1. The van der Waals surface area contributed by atoms with Crippen LogP contribution in [0.15, 0.2) is 30.4 Å². The molecule has 3 heterocycles. The predicted molar refractivity (Wildman–Crippen MR) is 73.3 cm³/mol. The first-order chi connectivity index (χ1) is 9.92. The van der Waals surface area contributed by atoms with Crippen molar-refractivity contribution in [2.45, 2.75) is 18.6 Å². The van der Waals surface area contributed by atoms with Crippen LogP contribution in [0.1, 0.15) is 6.92 Å². The number of fused-ring (bicyclic) bond motifs is 5. The van der Waals surface area contributed by atoms with Crippen molar-refractivity contribution >= 4 is 29.1 Å². The van der Waals surface area contributed by atoms with Gasteiger partial charge in [0.2, 0.25) is 11.8 Å². The molecule has 108 valence electrons. The molecule has 4 rings (SSSR count). The highest BCUT2D eigenvalue weighted by molar-refractivity contribution is 6.31. The monoisotopic (exact) mass is 307 g/mol. The fraction of sp³-hybridized carbons (Fsp3) is 0.333. The number of hydrogen-bond acceptors (Lipinski definition) is 3. The van der Waals surface area contributed by atoms with Gasteiger partial charge in [0, 0.05) is 0 Å². The van der Waals surface area contributed by atoms with Gasteiger partial charge in [-0.25, -0.2) is 9.29 Å². The van der Waals surface area contributed by atoms with Crippen molar-refractivity contribution in [3.8, 4) is 0 Å². The first kappa shape index (κ1) is 13.0.